The predicted molar refractivity (Wildman–Crippen MR) is 166 cm³/mol. The molecule has 0 aromatic rings. The average Bonchev–Trinajstić information content (AvgIpc) is 3.35. The second-order valence-corrected chi connectivity index (χ2v) is 14.6. The molecule has 0 spiro atoms. The van der Waals surface area contributed by atoms with E-state index in [9.17, 15) is 9.59 Å². The number of esters is 2. The largest absolute Gasteiger partial charge is 0.452 e. The SMILES string of the molecule is CC(=O)O[C@H]1OC(O[C@H]2CC[C@@]3(C)C(=CCC4C3CC[C@@]3(C)C4CC[C@@H]3/C(C)=N/OC3C=CCCC3)C2)C=C[C@@H]1OC(C)=O. The third-order valence-corrected chi connectivity index (χ3v) is 12.0. The number of hydrogen-bond donors (Lipinski definition) is 0. The molecule has 0 aromatic carbocycles. The van der Waals surface area contributed by atoms with E-state index in [0.717, 1.165) is 44.4 Å². The van der Waals surface area contributed by atoms with Crippen LogP contribution in [0.4, 0.5) is 0 Å². The van der Waals surface area contributed by atoms with Crippen molar-refractivity contribution in [1.29, 1.82) is 0 Å². The maximum Gasteiger partial charge on any atom is 0.305 e. The van der Waals surface area contributed by atoms with Gasteiger partial charge in [-0.05, 0) is 124 Å². The van der Waals surface area contributed by atoms with Crippen molar-refractivity contribution in [3.63, 3.8) is 0 Å². The van der Waals surface area contributed by atoms with Crippen LogP contribution in [0.15, 0.2) is 41.1 Å². The molecule has 44 heavy (non-hydrogen) atoms. The molecule has 1 heterocycles. The second kappa shape index (κ2) is 12.7. The van der Waals surface area contributed by atoms with Gasteiger partial charge in [-0.2, -0.15) is 0 Å². The molecule has 0 bridgehead atoms. The van der Waals surface area contributed by atoms with E-state index >= 15 is 0 Å². The molecule has 6 aliphatic rings. The fourth-order valence-electron chi connectivity index (χ4n) is 9.87. The van der Waals surface area contributed by atoms with Gasteiger partial charge in [0.05, 0.1) is 11.8 Å². The Morgan fingerprint density at radius 1 is 0.932 bits per heavy atom. The number of oxime groups is 1. The molecule has 242 valence electrons. The number of hydrogen-bond acceptors (Lipinski definition) is 8. The van der Waals surface area contributed by atoms with Crippen LogP contribution in [0.2, 0.25) is 0 Å². The van der Waals surface area contributed by atoms with Crippen LogP contribution in [0.3, 0.4) is 0 Å². The molecule has 1 aliphatic heterocycles. The lowest BCUT2D eigenvalue weighted by Gasteiger charge is -2.58. The van der Waals surface area contributed by atoms with Crippen LogP contribution in [0, 0.1) is 34.5 Å². The van der Waals surface area contributed by atoms with Crippen molar-refractivity contribution in [2.45, 2.75) is 136 Å². The first-order chi connectivity index (χ1) is 21.1. The zero-order valence-corrected chi connectivity index (χ0v) is 27.2. The molecule has 0 amide bonds. The Kier molecular flexibility index (Phi) is 9.13. The second-order valence-electron chi connectivity index (χ2n) is 14.6. The van der Waals surface area contributed by atoms with Gasteiger partial charge < -0.3 is 23.8 Å². The van der Waals surface area contributed by atoms with Crippen molar-refractivity contribution in [3.05, 3.63) is 36.0 Å². The maximum atomic E-state index is 11.6. The summed E-state index contributed by atoms with van der Waals surface area (Å²) in [5.41, 5.74) is 3.22. The van der Waals surface area contributed by atoms with E-state index in [1.807, 2.05) is 0 Å². The van der Waals surface area contributed by atoms with Gasteiger partial charge in [-0.1, -0.05) is 36.7 Å². The summed E-state index contributed by atoms with van der Waals surface area (Å²) < 4.78 is 22.9. The van der Waals surface area contributed by atoms with E-state index < -0.39 is 30.6 Å². The summed E-state index contributed by atoms with van der Waals surface area (Å²) in [6.45, 7) is 9.89. The minimum absolute atomic E-state index is 0.0198. The van der Waals surface area contributed by atoms with Crippen LogP contribution in [0.1, 0.15) is 105 Å². The lowest BCUT2D eigenvalue weighted by Crippen LogP contribution is -2.51. The average molecular weight is 610 g/mol. The van der Waals surface area contributed by atoms with Crippen molar-refractivity contribution in [3.8, 4) is 0 Å². The lowest BCUT2D eigenvalue weighted by atomic mass is 9.47. The quantitative estimate of drug-likeness (QED) is 0.131. The summed E-state index contributed by atoms with van der Waals surface area (Å²) in [6, 6.07) is 0. The molecule has 8 heteroatoms. The molecular weight excluding hydrogens is 558 g/mol. The highest BCUT2D eigenvalue weighted by atomic mass is 16.8. The first kappa shape index (κ1) is 31.5. The smallest absolute Gasteiger partial charge is 0.305 e. The molecule has 0 radical (unpaired) electrons. The van der Waals surface area contributed by atoms with E-state index in [-0.39, 0.29) is 23.0 Å². The number of fused-ring (bicyclic) bond motifs is 5. The normalized spacial score (nSPS) is 43.2. The summed E-state index contributed by atoms with van der Waals surface area (Å²) in [7, 11) is 0. The molecule has 0 N–H and O–H groups in total. The van der Waals surface area contributed by atoms with Gasteiger partial charge in [0.2, 0.25) is 6.29 Å². The highest BCUT2D eigenvalue weighted by molar-refractivity contribution is 5.85. The van der Waals surface area contributed by atoms with Gasteiger partial charge in [0, 0.05) is 19.8 Å². The summed E-state index contributed by atoms with van der Waals surface area (Å²) in [6.07, 6.45) is 20.6. The fourth-order valence-corrected chi connectivity index (χ4v) is 9.87. The Bertz CT molecular complexity index is 1220. The van der Waals surface area contributed by atoms with Crippen LogP contribution >= 0.6 is 0 Å². The molecule has 8 nitrogen and oxygen atoms in total. The Hall–Kier alpha value is -2.45. The molecule has 0 aromatic heterocycles. The molecule has 5 unspecified atom stereocenters. The topological polar surface area (TPSA) is 92.7 Å². The molecular formula is C36H51NO7. The maximum absolute atomic E-state index is 11.6. The molecule has 3 saturated carbocycles. The van der Waals surface area contributed by atoms with E-state index in [2.05, 4.69) is 39.0 Å². The van der Waals surface area contributed by atoms with Crippen LogP contribution in [0.5, 0.6) is 0 Å². The number of carbonyl (C=O) groups excluding carboxylic acids is 2. The van der Waals surface area contributed by atoms with Crippen LogP contribution in [-0.4, -0.2) is 48.5 Å². The number of carbonyl (C=O) groups is 2. The van der Waals surface area contributed by atoms with Gasteiger partial charge in [-0.15, -0.1) is 0 Å². The minimum Gasteiger partial charge on any atom is -0.452 e. The monoisotopic (exact) mass is 609 g/mol. The van der Waals surface area contributed by atoms with Crippen LogP contribution < -0.4 is 0 Å². The third kappa shape index (κ3) is 6.18. The summed E-state index contributed by atoms with van der Waals surface area (Å²) in [4.78, 5) is 29.2. The number of allylic oxidation sites excluding steroid dienone is 2. The Morgan fingerprint density at radius 2 is 1.75 bits per heavy atom. The van der Waals surface area contributed by atoms with Gasteiger partial charge in [-0.3, -0.25) is 9.59 Å². The Labute approximate surface area is 262 Å². The first-order valence-corrected chi connectivity index (χ1v) is 17.0. The van der Waals surface area contributed by atoms with Crippen molar-refractivity contribution in [2.75, 3.05) is 0 Å². The van der Waals surface area contributed by atoms with Gasteiger partial charge in [0.25, 0.3) is 0 Å². The Balaban J connectivity index is 1.10. The van der Waals surface area contributed by atoms with Crippen molar-refractivity contribution in [1.82, 2.24) is 0 Å². The highest BCUT2D eigenvalue weighted by Crippen LogP contribution is 2.66. The molecule has 5 aliphatic carbocycles. The van der Waals surface area contributed by atoms with Crippen molar-refractivity contribution >= 4 is 17.7 Å². The lowest BCUT2D eigenvalue weighted by molar-refractivity contribution is -0.265. The standard InChI is InChI=1S/C36H51NO7/c1-22(37-44-26-9-7-6-8-10-26)29-13-14-30-28-12-11-25-21-27(17-19-35(25,4)31(28)18-20-36(29,30)5)42-33-16-15-32(40-23(2)38)34(43-33)41-24(3)39/h7,9,11,15-16,26-34H,6,8,10,12-14,17-21H2,1-5H3/b37-22+/t26?,27-,28?,29+,30?,31?,32-,33?,34-,35-,36+/m0/s1. The van der Waals surface area contributed by atoms with Crippen LogP contribution in [-0.2, 0) is 33.4 Å². The van der Waals surface area contributed by atoms with Gasteiger partial charge in [0.1, 0.15) is 6.10 Å². The fraction of sp³-hybridized carbons (Fsp3) is 0.750. The zero-order chi connectivity index (χ0) is 31.1. The van der Waals surface area contributed by atoms with Crippen molar-refractivity contribution in [2.24, 2.45) is 39.7 Å². The first-order valence-electron chi connectivity index (χ1n) is 17.0. The van der Waals surface area contributed by atoms with E-state index in [0.29, 0.717) is 17.8 Å². The van der Waals surface area contributed by atoms with E-state index in [4.69, 9.17) is 28.9 Å². The molecule has 11 atom stereocenters. The molecule has 3 fully saturated rings. The highest BCUT2D eigenvalue weighted by Gasteiger charge is 2.59. The molecule has 0 saturated heterocycles. The van der Waals surface area contributed by atoms with E-state index in [1.165, 1.54) is 57.2 Å². The summed E-state index contributed by atoms with van der Waals surface area (Å²) >= 11 is 0. The van der Waals surface area contributed by atoms with Gasteiger partial charge >= 0.3 is 11.9 Å². The van der Waals surface area contributed by atoms with Gasteiger partial charge in [-0.25, -0.2) is 0 Å². The van der Waals surface area contributed by atoms with E-state index in [1.54, 1.807) is 12.2 Å². The number of nitrogens with zero attached hydrogens (tertiary/aromatic N) is 1. The third-order valence-electron chi connectivity index (χ3n) is 12.0. The van der Waals surface area contributed by atoms with Gasteiger partial charge in [0.15, 0.2) is 12.4 Å². The predicted octanol–water partition coefficient (Wildman–Crippen LogP) is 7.19. The number of ether oxygens (including phenoxy) is 4. The number of rotatable bonds is 7. The summed E-state index contributed by atoms with van der Waals surface area (Å²) in [5.74, 6) is 1.68. The van der Waals surface area contributed by atoms with Crippen LogP contribution in [0.25, 0.3) is 0 Å². The summed E-state index contributed by atoms with van der Waals surface area (Å²) in [5, 5.41) is 4.72. The molecule has 6 rings (SSSR count). The zero-order valence-electron chi connectivity index (χ0n) is 27.2. The van der Waals surface area contributed by atoms with Crippen molar-refractivity contribution < 1.29 is 33.4 Å². The minimum atomic E-state index is -1.02. The Morgan fingerprint density at radius 3 is 2.50 bits per heavy atom.